The third kappa shape index (κ3) is 4.00. The Balaban J connectivity index is 2.89. The lowest BCUT2D eigenvalue weighted by atomic mass is 10.2. The number of hydrogen-bond donors (Lipinski definition) is 2. The van der Waals surface area contributed by atoms with Crippen LogP contribution in [0.25, 0.3) is 0 Å². The SMILES string of the molecule is NCc1cc(Cl)cc(NC(=O)C(Cl)(Cl)Cl)c1. The second-order valence-corrected chi connectivity index (χ2v) is 5.72. The molecular formula is C9H8Cl4N2O. The zero-order valence-electron chi connectivity index (χ0n) is 7.94. The molecule has 0 bridgehead atoms. The summed E-state index contributed by atoms with van der Waals surface area (Å²) < 4.78 is -2.01. The summed E-state index contributed by atoms with van der Waals surface area (Å²) in [6.45, 7) is 0.303. The Hall–Kier alpha value is -0.190. The molecule has 0 aliphatic heterocycles. The smallest absolute Gasteiger partial charge is 0.276 e. The van der Waals surface area contributed by atoms with Gasteiger partial charge in [-0.1, -0.05) is 46.4 Å². The fourth-order valence-corrected chi connectivity index (χ4v) is 1.44. The lowest BCUT2D eigenvalue weighted by Crippen LogP contribution is -2.27. The van der Waals surface area contributed by atoms with Crippen LogP contribution < -0.4 is 11.1 Å². The summed E-state index contributed by atoms with van der Waals surface area (Å²) in [5.41, 5.74) is 6.66. The Morgan fingerprint density at radius 3 is 2.44 bits per heavy atom. The first-order valence-corrected chi connectivity index (χ1v) is 5.72. The summed E-state index contributed by atoms with van der Waals surface area (Å²) in [7, 11) is 0. The second-order valence-electron chi connectivity index (χ2n) is 3.00. The highest BCUT2D eigenvalue weighted by Crippen LogP contribution is 2.28. The Kier molecular flexibility index (Phi) is 4.71. The van der Waals surface area contributed by atoms with Crippen LogP contribution in [-0.4, -0.2) is 9.70 Å². The molecule has 0 aliphatic carbocycles. The second kappa shape index (κ2) is 5.43. The average molecular weight is 302 g/mol. The average Bonchev–Trinajstić information content (AvgIpc) is 2.15. The van der Waals surface area contributed by atoms with E-state index in [-0.39, 0.29) is 0 Å². The molecule has 7 heteroatoms. The predicted octanol–water partition coefficient (Wildman–Crippen LogP) is 3.11. The molecule has 0 saturated carbocycles. The molecule has 0 atom stereocenters. The van der Waals surface area contributed by atoms with E-state index in [1.165, 1.54) is 6.07 Å². The van der Waals surface area contributed by atoms with Crippen molar-refractivity contribution < 1.29 is 4.79 Å². The minimum absolute atomic E-state index is 0.303. The number of amides is 1. The lowest BCUT2D eigenvalue weighted by Gasteiger charge is -2.12. The van der Waals surface area contributed by atoms with E-state index in [0.29, 0.717) is 17.3 Å². The number of nitrogens with two attached hydrogens (primary N) is 1. The number of carbonyl (C=O) groups excluding carboxylic acids is 1. The van der Waals surface area contributed by atoms with Crippen LogP contribution in [0.1, 0.15) is 5.56 Å². The quantitative estimate of drug-likeness (QED) is 0.825. The number of halogens is 4. The van der Waals surface area contributed by atoms with E-state index in [2.05, 4.69) is 5.32 Å². The Labute approximate surface area is 113 Å². The van der Waals surface area contributed by atoms with Crippen molar-refractivity contribution in [3.8, 4) is 0 Å². The Bertz CT molecular complexity index is 403. The molecule has 0 spiro atoms. The summed E-state index contributed by atoms with van der Waals surface area (Å²) >= 11 is 22.0. The van der Waals surface area contributed by atoms with Gasteiger partial charge in [-0.3, -0.25) is 4.79 Å². The molecule has 0 aliphatic rings. The van der Waals surface area contributed by atoms with E-state index in [0.717, 1.165) is 5.56 Å². The molecule has 3 N–H and O–H groups in total. The zero-order chi connectivity index (χ0) is 12.3. The Morgan fingerprint density at radius 2 is 1.94 bits per heavy atom. The van der Waals surface area contributed by atoms with Crippen LogP contribution in [-0.2, 0) is 11.3 Å². The molecule has 3 nitrogen and oxygen atoms in total. The zero-order valence-corrected chi connectivity index (χ0v) is 11.0. The number of carbonyl (C=O) groups is 1. The molecule has 0 saturated heterocycles. The molecule has 16 heavy (non-hydrogen) atoms. The number of alkyl halides is 3. The van der Waals surface area contributed by atoms with Gasteiger partial charge in [-0.05, 0) is 23.8 Å². The number of anilines is 1. The van der Waals surface area contributed by atoms with Gasteiger partial charge >= 0.3 is 0 Å². The minimum Gasteiger partial charge on any atom is -0.326 e. The summed E-state index contributed by atoms with van der Waals surface area (Å²) in [6.07, 6.45) is 0. The summed E-state index contributed by atoms with van der Waals surface area (Å²) in [6, 6.07) is 4.88. The van der Waals surface area contributed by atoms with Crippen LogP contribution in [0.15, 0.2) is 18.2 Å². The molecule has 0 aromatic heterocycles. The molecule has 1 rings (SSSR count). The van der Waals surface area contributed by atoms with Gasteiger partial charge in [-0.25, -0.2) is 0 Å². The van der Waals surface area contributed by atoms with Crippen LogP contribution >= 0.6 is 46.4 Å². The largest absolute Gasteiger partial charge is 0.326 e. The first-order chi connectivity index (χ1) is 7.32. The number of benzene rings is 1. The fraction of sp³-hybridized carbons (Fsp3) is 0.222. The van der Waals surface area contributed by atoms with Crippen molar-refractivity contribution in [1.29, 1.82) is 0 Å². The molecule has 1 aromatic carbocycles. The van der Waals surface area contributed by atoms with Crippen molar-refractivity contribution in [1.82, 2.24) is 0 Å². The normalized spacial score (nSPS) is 11.3. The third-order valence-electron chi connectivity index (χ3n) is 1.71. The van der Waals surface area contributed by atoms with Gasteiger partial charge in [0.15, 0.2) is 0 Å². The van der Waals surface area contributed by atoms with E-state index in [1.807, 2.05) is 0 Å². The molecule has 0 radical (unpaired) electrons. The maximum absolute atomic E-state index is 11.4. The van der Waals surface area contributed by atoms with Gasteiger partial charge in [0.05, 0.1) is 0 Å². The number of hydrogen-bond acceptors (Lipinski definition) is 2. The molecule has 88 valence electrons. The standard InChI is InChI=1S/C9H8Cl4N2O/c10-6-1-5(4-14)2-7(3-6)15-8(16)9(11,12)13/h1-3H,4,14H2,(H,15,16). The van der Waals surface area contributed by atoms with Crippen molar-refractivity contribution in [2.45, 2.75) is 10.3 Å². The van der Waals surface area contributed by atoms with E-state index in [4.69, 9.17) is 52.1 Å². The monoisotopic (exact) mass is 300 g/mol. The summed E-state index contributed by atoms with van der Waals surface area (Å²) in [5.74, 6) is -0.747. The third-order valence-corrected chi connectivity index (χ3v) is 2.44. The van der Waals surface area contributed by atoms with Crippen molar-refractivity contribution in [3.05, 3.63) is 28.8 Å². The van der Waals surface area contributed by atoms with Crippen molar-refractivity contribution in [3.63, 3.8) is 0 Å². The molecule has 1 amide bonds. The first-order valence-electron chi connectivity index (χ1n) is 4.20. The van der Waals surface area contributed by atoms with Gasteiger partial charge in [-0.2, -0.15) is 0 Å². The Morgan fingerprint density at radius 1 is 1.31 bits per heavy atom. The summed E-state index contributed by atoms with van der Waals surface area (Å²) in [4.78, 5) is 11.4. The highest BCUT2D eigenvalue weighted by molar-refractivity contribution is 6.76. The van der Waals surface area contributed by atoms with Crippen LogP contribution in [0.4, 0.5) is 5.69 Å². The van der Waals surface area contributed by atoms with E-state index >= 15 is 0 Å². The predicted molar refractivity (Wildman–Crippen MR) is 68.3 cm³/mol. The van der Waals surface area contributed by atoms with Gasteiger partial charge in [0.2, 0.25) is 0 Å². The van der Waals surface area contributed by atoms with Crippen LogP contribution in [0.3, 0.4) is 0 Å². The van der Waals surface area contributed by atoms with Crippen molar-refractivity contribution >= 4 is 58.0 Å². The number of rotatable bonds is 2. The van der Waals surface area contributed by atoms with Gasteiger partial charge in [-0.15, -0.1) is 0 Å². The van der Waals surface area contributed by atoms with Crippen molar-refractivity contribution in [2.75, 3.05) is 5.32 Å². The van der Waals surface area contributed by atoms with E-state index in [1.54, 1.807) is 12.1 Å². The van der Waals surface area contributed by atoms with Gasteiger partial charge in [0, 0.05) is 17.3 Å². The van der Waals surface area contributed by atoms with Crippen LogP contribution in [0, 0.1) is 0 Å². The highest BCUT2D eigenvalue weighted by atomic mass is 35.6. The van der Waals surface area contributed by atoms with Gasteiger partial charge < -0.3 is 11.1 Å². The maximum Gasteiger partial charge on any atom is 0.276 e. The molecule has 0 heterocycles. The van der Waals surface area contributed by atoms with E-state index in [9.17, 15) is 4.79 Å². The highest BCUT2D eigenvalue weighted by Gasteiger charge is 2.30. The maximum atomic E-state index is 11.4. The molecule has 0 unspecified atom stereocenters. The van der Waals surface area contributed by atoms with Crippen LogP contribution in [0.2, 0.25) is 5.02 Å². The topological polar surface area (TPSA) is 55.1 Å². The van der Waals surface area contributed by atoms with Gasteiger partial charge in [0.25, 0.3) is 9.70 Å². The van der Waals surface area contributed by atoms with Crippen molar-refractivity contribution in [2.24, 2.45) is 5.73 Å². The van der Waals surface area contributed by atoms with Gasteiger partial charge in [0.1, 0.15) is 0 Å². The minimum atomic E-state index is -2.01. The van der Waals surface area contributed by atoms with E-state index < -0.39 is 9.70 Å². The molecule has 1 aromatic rings. The molecule has 0 fully saturated rings. The molecular weight excluding hydrogens is 294 g/mol. The fourth-order valence-electron chi connectivity index (χ4n) is 1.04. The number of nitrogens with one attached hydrogen (secondary N) is 1. The summed E-state index contributed by atoms with van der Waals surface area (Å²) in [5, 5.41) is 2.87. The van der Waals surface area contributed by atoms with Crippen LogP contribution in [0.5, 0.6) is 0 Å². The lowest BCUT2D eigenvalue weighted by molar-refractivity contribution is -0.115. The first kappa shape index (κ1) is 13.9.